The SMILES string of the molecule is CCN(Cc1nc2ccccc2c(=O)[nH]1)C(=O)c1ccc(COc2ccccc2)o1. The van der Waals surface area contributed by atoms with Crippen LogP contribution in [0.2, 0.25) is 0 Å². The van der Waals surface area contributed by atoms with E-state index in [1.54, 1.807) is 35.2 Å². The van der Waals surface area contributed by atoms with Crippen LogP contribution in [-0.4, -0.2) is 27.3 Å². The van der Waals surface area contributed by atoms with Crippen molar-refractivity contribution in [2.24, 2.45) is 0 Å². The molecule has 7 heteroatoms. The fourth-order valence-corrected chi connectivity index (χ4v) is 3.12. The summed E-state index contributed by atoms with van der Waals surface area (Å²) in [6, 6.07) is 19.8. The summed E-state index contributed by atoms with van der Waals surface area (Å²) in [6.45, 7) is 2.69. The molecule has 152 valence electrons. The highest BCUT2D eigenvalue weighted by atomic mass is 16.5. The minimum Gasteiger partial charge on any atom is -0.486 e. The Kier molecular flexibility index (Phi) is 5.61. The Balaban J connectivity index is 1.46. The molecule has 0 fully saturated rings. The minimum absolute atomic E-state index is 0.173. The van der Waals surface area contributed by atoms with Crippen molar-refractivity contribution >= 4 is 16.8 Å². The van der Waals surface area contributed by atoms with Crippen molar-refractivity contribution in [1.82, 2.24) is 14.9 Å². The van der Waals surface area contributed by atoms with Crippen LogP contribution in [0.4, 0.5) is 0 Å². The van der Waals surface area contributed by atoms with Gasteiger partial charge in [-0.25, -0.2) is 4.98 Å². The number of hydrogen-bond donors (Lipinski definition) is 1. The lowest BCUT2D eigenvalue weighted by Crippen LogP contribution is -2.31. The van der Waals surface area contributed by atoms with E-state index in [1.807, 2.05) is 43.3 Å². The Morgan fingerprint density at radius 2 is 1.83 bits per heavy atom. The van der Waals surface area contributed by atoms with Gasteiger partial charge in [-0.2, -0.15) is 0 Å². The van der Waals surface area contributed by atoms with E-state index >= 15 is 0 Å². The number of ether oxygens (including phenoxy) is 1. The summed E-state index contributed by atoms with van der Waals surface area (Å²) < 4.78 is 11.3. The molecule has 4 rings (SSSR count). The van der Waals surface area contributed by atoms with Crippen LogP contribution in [0.3, 0.4) is 0 Å². The molecule has 7 nitrogen and oxygen atoms in total. The Morgan fingerprint density at radius 3 is 2.63 bits per heavy atom. The number of nitrogens with zero attached hydrogens (tertiary/aromatic N) is 2. The first kappa shape index (κ1) is 19.4. The van der Waals surface area contributed by atoms with Gasteiger partial charge in [0.15, 0.2) is 5.76 Å². The fourth-order valence-electron chi connectivity index (χ4n) is 3.12. The second-order valence-corrected chi connectivity index (χ2v) is 6.72. The van der Waals surface area contributed by atoms with E-state index in [-0.39, 0.29) is 30.4 Å². The summed E-state index contributed by atoms with van der Waals surface area (Å²) in [6.07, 6.45) is 0. The molecule has 0 saturated heterocycles. The fraction of sp³-hybridized carbons (Fsp3) is 0.174. The summed E-state index contributed by atoms with van der Waals surface area (Å²) >= 11 is 0. The molecular formula is C23H21N3O4. The maximum absolute atomic E-state index is 12.9. The molecule has 2 aromatic heterocycles. The minimum atomic E-state index is -0.278. The molecule has 0 saturated carbocycles. The van der Waals surface area contributed by atoms with E-state index in [1.165, 1.54) is 0 Å². The Bertz CT molecular complexity index is 1210. The zero-order chi connectivity index (χ0) is 20.9. The molecular weight excluding hydrogens is 382 g/mol. The molecule has 2 aromatic carbocycles. The van der Waals surface area contributed by atoms with Crippen LogP contribution in [0.15, 0.2) is 75.9 Å². The molecule has 0 bridgehead atoms. The first-order valence-corrected chi connectivity index (χ1v) is 9.68. The van der Waals surface area contributed by atoms with Crippen LogP contribution in [0.5, 0.6) is 5.75 Å². The maximum atomic E-state index is 12.9. The van der Waals surface area contributed by atoms with Crippen LogP contribution in [0.1, 0.15) is 29.1 Å². The zero-order valence-corrected chi connectivity index (χ0v) is 16.5. The molecule has 4 aromatic rings. The van der Waals surface area contributed by atoms with Crippen molar-refractivity contribution in [3.05, 3.63) is 94.4 Å². The third kappa shape index (κ3) is 4.25. The topological polar surface area (TPSA) is 88.4 Å². The van der Waals surface area contributed by atoms with E-state index in [0.29, 0.717) is 29.0 Å². The monoisotopic (exact) mass is 403 g/mol. The summed E-state index contributed by atoms with van der Waals surface area (Å²) in [4.78, 5) is 33.9. The number of fused-ring (bicyclic) bond motifs is 1. The Labute approximate surface area is 172 Å². The maximum Gasteiger partial charge on any atom is 0.289 e. The van der Waals surface area contributed by atoms with Gasteiger partial charge in [-0.1, -0.05) is 30.3 Å². The number of furan rings is 1. The lowest BCUT2D eigenvalue weighted by atomic mass is 10.2. The number of H-pyrrole nitrogens is 1. The predicted molar refractivity (Wildman–Crippen MR) is 112 cm³/mol. The first-order chi connectivity index (χ1) is 14.6. The van der Waals surface area contributed by atoms with E-state index in [0.717, 1.165) is 5.75 Å². The Morgan fingerprint density at radius 1 is 1.07 bits per heavy atom. The lowest BCUT2D eigenvalue weighted by molar-refractivity contribution is 0.0712. The third-order valence-electron chi connectivity index (χ3n) is 4.67. The molecule has 0 aliphatic rings. The number of aromatic amines is 1. The number of para-hydroxylation sites is 2. The highest BCUT2D eigenvalue weighted by molar-refractivity contribution is 5.91. The van der Waals surface area contributed by atoms with Gasteiger partial charge in [-0.05, 0) is 43.3 Å². The number of rotatable bonds is 7. The molecule has 0 unspecified atom stereocenters. The number of carbonyl (C=O) groups is 1. The van der Waals surface area contributed by atoms with Crippen molar-refractivity contribution in [3.8, 4) is 5.75 Å². The first-order valence-electron chi connectivity index (χ1n) is 9.68. The van der Waals surface area contributed by atoms with Crippen LogP contribution < -0.4 is 10.3 Å². The van der Waals surface area contributed by atoms with Gasteiger partial charge >= 0.3 is 0 Å². The molecule has 1 N–H and O–H groups in total. The second kappa shape index (κ2) is 8.65. The number of hydrogen-bond acceptors (Lipinski definition) is 5. The molecule has 0 aliphatic heterocycles. The van der Waals surface area contributed by atoms with Crippen LogP contribution in [0, 0.1) is 0 Å². The van der Waals surface area contributed by atoms with Gasteiger partial charge in [0.2, 0.25) is 0 Å². The van der Waals surface area contributed by atoms with Crippen molar-refractivity contribution in [3.63, 3.8) is 0 Å². The van der Waals surface area contributed by atoms with Gasteiger partial charge in [-0.15, -0.1) is 0 Å². The number of amides is 1. The molecule has 1 amide bonds. The zero-order valence-electron chi connectivity index (χ0n) is 16.5. The summed E-state index contributed by atoms with van der Waals surface area (Å²) in [7, 11) is 0. The molecule has 0 aliphatic carbocycles. The van der Waals surface area contributed by atoms with E-state index in [9.17, 15) is 9.59 Å². The van der Waals surface area contributed by atoms with Crippen LogP contribution in [-0.2, 0) is 13.2 Å². The van der Waals surface area contributed by atoms with Crippen molar-refractivity contribution < 1.29 is 13.9 Å². The van der Waals surface area contributed by atoms with Gasteiger partial charge in [0.25, 0.3) is 11.5 Å². The van der Waals surface area contributed by atoms with Crippen molar-refractivity contribution in [2.45, 2.75) is 20.1 Å². The standard InChI is InChI=1S/C23H21N3O4/c1-2-26(14-21-24-19-11-7-6-10-18(19)22(27)25-21)23(28)20-13-12-17(30-20)15-29-16-8-4-3-5-9-16/h3-13H,2,14-15H2,1H3,(H,24,25,27). The molecule has 0 atom stereocenters. The van der Waals surface area contributed by atoms with Gasteiger partial charge in [0, 0.05) is 6.54 Å². The molecule has 0 radical (unpaired) electrons. The number of aromatic nitrogens is 2. The number of nitrogens with one attached hydrogen (secondary N) is 1. The Hall–Kier alpha value is -3.87. The quantitative estimate of drug-likeness (QED) is 0.508. The number of benzene rings is 2. The lowest BCUT2D eigenvalue weighted by Gasteiger charge is -2.19. The van der Waals surface area contributed by atoms with Gasteiger partial charge in [0.05, 0.1) is 17.4 Å². The second-order valence-electron chi connectivity index (χ2n) is 6.72. The largest absolute Gasteiger partial charge is 0.486 e. The summed E-state index contributed by atoms with van der Waals surface area (Å²) in [5.41, 5.74) is 0.371. The summed E-state index contributed by atoms with van der Waals surface area (Å²) in [5.74, 6) is 1.64. The predicted octanol–water partition coefficient (Wildman–Crippen LogP) is 3.76. The van der Waals surface area contributed by atoms with E-state index in [2.05, 4.69) is 9.97 Å². The van der Waals surface area contributed by atoms with Crippen LogP contribution in [0.25, 0.3) is 10.9 Å². The van der Waals surface area contributed by atoms with Gasteiger partial charge < -0.3 is 19.0 Å². The highest BCUT2D eigenvalue weighted by Gasteiger charge is 2.20. The van der Waals surface area contributed by atoms with Gasteiger partial charge in [-0.3, -0.25) is 9.59 Å². The third-order valence-corrected chi connectivity index (χ3v) is 4.67. The van der Waals surface area contributed by atoms with Crippen molar-refractivity contribution in [2.75, 3.05) is 6.54 Å². The normalized spacial score (nSPS) is 10.8. The average Bonchev–Trinajstić information content (AvgIpc) is 3.25. The molecule has 0 spiro atoms. The van der Waals surface area contributed by atoms with Crippen molar-refractivity contribution in [1.29, 1.82) is 0 Å². The number of carbonyl (C=O) groups excluding carboxylic acids is 1. The highest BCUT2D eigenvalue weighted by Crippen LogP contribution is 2.16. The smallest absolute Gasteiger partial charge is 0.289 e. The van der Waals surface area contributed by atoms with E-state index < -0.39 is 0 Å². The van der Waals surface area contributed by atoms with Gasteiger partial charge in [0.1, 0.15) is 23.9 Å². The van der Waals surface area contributed by atoms with Crippen LogP contribution >= 0.6 is 0 Å². The molecule has 2 heterocycles. The van der Waals surface area contributed by atoms with E-state index in [4.69, 9.17) is 9.15 Å². The summed E-state index contributed by atoms with van der Waals surface area (Å²) in [5, 5.41) is 0.518. The average molecular weight is 403 g/mol. The molecule has 30 heavy (non-hydrogen) atoms.